The van der Waals surface area contributed by atoms with E-state index in [1.165, 1.54) is 5.56 Å². The highest BCUT2D eigenvalue weighted by Gasteiger charge is 2.30. The largest absolute Gasteiger partial charge is 0.462 e. The molecule has 7 heteroatoms. The summed E-state index contributed by atoms with van der Waals surface area (Å²) in [5.41, 5.74) is 3.73. The van der Waals surface area contributed by atoms with E-state index in [1.54, 1.807) is 18.3 Å². The molecule has 3 heterocycles. The van der Waals surface area contributed by atoms with E-state index < -0.39 is 0 Å². The average molecular weight is 404 g/mol. The number of hydrogen-bond donors (Lipinski definition) is 1. The van der Waals surface area contributed by atoms with Crippen molar-refractivity contribution in [1.82, 2.24) is 14.8 Å². The summed E-state index contributed by atoms with van der Waals surface area (Å²) in [6, 6.07) is 1.94. The van der Waals surface area contributed by atoms with E-state index in [4.69, 9.17) is 4.74 Å². The molecule has 28 heavy (non-hydrogen) atoms. The van der Waals surface area contributed by atoms with Gasteiger partial charge in [0.25, 0.3) is 0 Å². The van der Waals surface area contributed by atoms with Crippen molar-refractivity contribution >= 4 is 23.1 Å². The van der Waals surface area contributed by atoms with Gasteiger partial charge in [-0.1, -0.05) is 0 Å². The number of carbonyl (C=O) groups is 2. The Morgan fingerprint density at radius 3 is 2.57 bits per heavy atom. The lowest BCUT2D eigenvalue weighted by molar-refractivity contribution is 0.0525. The molecule has 2 aromatic heterocycles. The molecule has 6 nitrogen and oxygen atoms in total. The normalized spacial score (nSPS) is 16.9. The summed E-state index contributed by atoms with van der Waals surface area (Å²) in [4.78, 5) is 33.1. The number of H-pyrrole nitrogens is 1. The number of nitrogens with one attached hydrogen (secondary N) is 1. The SMILES string of the molecule is CCOC(=O)c1c(C)[nH]c(C(=O)[C@@H](C)N2CCN(Cc3ccsc3)CC2)c1C. The highest BCUT2D eigenvalue weighted by molar-refractivity contribution is 7.07. The number of aromatic amines is 1. The van der Waals surface area contributed by atoms with Gasteiger partial charge in [0.1, 0.15) is 0 Å². The van der Waals surface area contributed by atoms with Crippen molar-refractivity contribution < 1.29 is 14.3 Å². The second-order valence-corrected chi connectivity index (χ2v) is 8.11. The molecule has 0 aromatic carbocycles. The molecule has 0 spiro atoms. The van der Waals surface area contributed by atoms with Crippen molar-refractivity contribution in [1.29, 1.82) is 0 Å². The molecule has 3 rings (SSSR count). The number of aryl methyl sites for hydroxylation is 1. The predicted octanol–water partition coefficient (Wildman–Crippen LogP) is 3.26. The number of Topliss-reactive ketones (excluding diaryl/α,β-unsaturated/α-hetero) is 1. The maximum Gasteiger partial charge on any atom is 0.340 e. The summed E-state index contributed by atoms with van der Waals surface area (Å²) in [6.07, 6.45) is 0. The van der Waals surface area contributed by atoms with Crippen LogP contribution in [0.4, 0.5) is 0 Å². The fraction of sp³-hybridized carbons (Fsp3) is 0.524. The number of hydrogen-bond acceptors (Lipinski definition) is 6. The Hall–Kier alpha value is -1.96. The Morgan fingerprint density at radius 2 is 1.96 bits per heavy atom. The van der Waals surface area contributed by atoms with E-state index >= 15 is 0 Å². The van der Waals surface area contributed by atoms with Crippen molar-refractivity contribution in [2.45, 2.75) is 40.3 Å². The van der Waals surface area contributed by atoms with Crippen LogP contribution in [0.25, 0.3) is 0 Å². The molecular weight excluding hydrogens is 374 g/mol. The lowest BCUT2D eigenvalue weighted by atomic mass is 10.0. The van der Waals surface area contributed by atoms with E-state index in [0.717, 1.165) is 32.7 Å². The number of piperazine rings is 1. The first-order valence-corrected chi connectivity index (χ1v) is 10.7. The summed E-state index contributed by atoms with van der Waals surface area (Å²) >= 11 is 1.73. The number of rotatable bonds is 7. The fourth-order valence-corrected chi connectivity index (χ4v) is 4.49. The summed E-state index contributed by atoms with van der Waals surface area (Å²) in [5, 5.41) is 4.30. The van der Waals surface area contributed by atoms with Crippen molar-refractivity contribution in [2.24, 2.45) is 0 Å². The smallest absolute Gasteiger partial charge is 0.340 e. The van der Waals surface area contributed by atoms with Gasteiger partial charge in [-0.3, -0.25) is 14.6 Å². The number of esters is 1. The van der Waals surface area contributed by atoms with Gasteiger partial charge in [-0.25, -0.2) is 4.79 Å². The highest BCUT2D eigenvalue weighted by Crippen LogP contribution is 2.22. The standard InChI is InChI=1S/C21H29N3O3S/c1-5-27-21(26)18-14(2)19(22-15(18)3)20(25)16(4)24-9-7-23(8-10-24)12-17-6-11-28-13-17/h6,11,13,16,22H,5,7-10,12H2,1-4H3/t16-/m1/s1. The Bertz CT molecular complexity index is 820. The second kappa shape index (κ2) is 9.03. The molecule has 0 bridgehead atoms. The number of ether oxygens (including phenoxy) is 1. The van der Waals surface area contributed by atoms with Crippen LogP contribution < -0.4 is 0 Å². The van der Waals surface area contributed by atoms with Crippen molar-refractivity contribution in [3.05, 3.63) is 44.9 Å². The predicted molar refractivity (Wildman–Crippen MR) is 111 cm³/mol. The molecule has 0 saturated carbocycles. The van der Waals surface area contributed by atoms with E-state index in [-0.39, 0.29) is 17.8 Å². The number of nitrogens with zero attached hydrogens (tertiary/aromatic N) is 2. The molecule has 1 fully saturated rings. The molecule has 1 atom stereocenters. The van der Waals surface area contributed by atoms with Crippen LogP contribution in [-0.4, -0.2) is 65.4 Å². The van der Waals surface area contributed by atoms with Gasteiger partial charge in [0.05, 0.1) is 23.9 Å². The first kappa shape index (κ1) is 20.8. The zero-order valence-corrected chi connectivity index (χ0v) is 17.9. The van der Waals surface area contributed by atoms with Gasteiger partial charge < -0.3 is 9.72 Å². The molecule has 2 aromatic rings. The zero-order chi connectivity index (χ0) is 20.3. The third-order valence-electron chi connectivity index (χ3n) is 5.48. The molecule has 1 saturated heterocycles. The number of thiophene rings is 1. The molecule has 0 amide bonds. The molecule has 152 valence electrons. The lowest BCUT2D eigenvalue weighted by Crippen LogP contribution is -2.51. The number of ketones is 1. The topological polar surface area (TPSA) is 65.6 Å². The summed E-state index contributed by atoms with van der Waals surface area (Å²) in [6.45, 7) is 12.3. The molecule has 0 radical (unpaired) electrons. The van der Waals surface area contributed by atoms with Gasteiger partial charge in [-0.05, 0) is 55.6 Å². The van der Waals surface area contributed by atoms with E-state index in [0.29, 0.717) is 29.1 Å². The highest BCUT2D eigenvalue weighted by atomic mass is 32.1. The Balaban J connectivity index is 1.63. The van der Waals surface area contributed by atoms with Gasteiger partial charge >= 0.3 is 5.97 Å². The maximum atomic E-state index is 13.1. The van der Waals surface area contributed by atoms with Crippen LogP contribution in [0.5, 0.6) is 0 Å². The minimum absolute atomic E-state index is 0.0300. The first-order valence-electron chi connectivity index (χ1n) is 9.80. The molecule has 1 aliphatic heterocycles. The average Bonchev–Trinajstić information content (AvgIpc) is 3.29. The van der Waals surface area contributed by atoms with Crippen LogP contribution in [0.1, 0.15) is 51.5 Å². The van der Waals surface area contributed by atoms with Crippen LogP contribution in [-0.2, 0) is 11.3 Å². The molecular formula is C21H29N3O3S. The second-order valence-electron chi connectivity index (χ2n) is 7.33. The van der Waals surface area contributed by atoms with Gasteiger partial charge in [0.15, 0.2) is 5.78 Å². The Labute approximate surface area is 170 Å². The van der Waals surface area contributed by atoms with Crippen molar-refractivity contribution in [3.8, 4) is 0 Å². The van der Waals surface area contributed by atoms with Crippen LogP contribution in [0.2, 0.25) is 0 Å². The van der Waals surface area contributed by atoms with Crippen LogP contribution >= 0.6 is 11.3 Å². The van der Waals surface area contributed by atoms with E-state index in [9.17, 15) is 9.59 Å². The van der Waals surface area contributed by atoms with Gasteiger partial charge in [-0.2, -0.15) is 11.3 Å². The third kappa shape index (κ3) is 4.37. The van der Waals surface area contributed by atoms with Crippen molar-refractivity contribution in [2.75, 3.05) is 32.8 Å². The van der Waals surface area contributed by atoms with Crippen LogP contribution in [0, 0.1) is 13.8 Å². The number of carbonyl (C=O) groups excluding carboxylic acids is 2. The Morgan fingerprint density at radius 1 is 1.25 bits per heavy atom. The van der Waals surface area contributed by atoms with Gasteiger partial charge in [0.2, 0.25) is 0 Å². The monoisotopic (exact) mass is 403 g/mol. The summed E-state index contributed by atoms with van der Waals surface area (Å²) in [5.74, 6) is -0.343. The number of aromatic nitrogens is 1. The minimum Gasteiger partial charge on any atom is -0.462 e. The Kier molecular flexibility index (Phi) is 6.69. The molecule has 0 aliphatic carbocycles. The third-order valence-corrected chi connectivity index (χ3v) is 6.22. The van der Waals surface area contributed by atoms with Gasteiger partial charge in [0, 0.05) is 38.4 Å². The molecule has 1 N–H and O–H groups in total. The van der Waals surface area contributed by atoms with E-state index in [2.05, 4.69) is 31.6 Å². The van der Waals surface area contributed by atoms with Crippen LogP contribution in [0.15, 0.2) is 16.8 Å². The maximum absolute atomic E-state index is 13.1. The van der Waals surface area contributed by atoms with Gasteiger partial charge in [-0.15, -0.1) is 0 Å². The van der Waals surface area contributed by atoms with Crippen LogP contribution in [0.3, 0.4) is 0 Å². The molecule has 0 unspecified atom stereocenters. The zero-order valence-electron chi connectivity index (χ0n) is 17.1. The molecule has 1 aliphatic rings. The quantitative estimate of drug-likeness (QED) is 0.568. The minimum atomic E-state index is -0.373. The van der Waals surface area contributed by atoms with E-state index in [1.807, 2.05) is 20.8 Å². The summed E-state index contributed by atoms with van der Waals surface area (Å²) < 4.78 is 5.13. The van der Waals surface area contributed by atoms with Crippen molar-refractivity contribution in [3.63, 3.8) is 0 Å². The first-order chi connectivity index (χ1) is 13.4. The summed E-state index contributed by atoms with van der Waals surface area (Å²) in [7, 11) is 0. The lowest BCUT2D eigenvalue weighted by Gasteiger charge is -2.37. The fourth-order valence-electron chi connectivity index (χ4n) is 3.83.